The molecule has 2 aromatic heterocycles. The van der Waals surface area contributed by atoms with Crippen LogP contribution in [0.4, 0.5) is 5.69 Å². The van der Waals surface area contributed by atoms with Gasteiger partial charge in [0.25, 0.3) is 0 Å². The molecule has 0 amide bonds. The van der Waals surface area contributed by atoms with E-state index in [0.717, 1.165) is 22.9 Å². The second kappa shape index (κ2) is 4.68. The van der Waals surface area contributed by atoms with E-state index in [2.05, 4.69) is 28.4 Å². The van der Waals surface area contributed by atoms with Crippen LogP contribution in [0.1, 0.15) is 32.7 Å². The molecular formula is C15H20N4. The third-order valence-corrected chi connectivity index (χ3v) is 4.58. The van der Waals surface area contributed by atoms with Gasteiger partial charge in [-0.2, -0.15) is 0 Å². The summed E-state index contributed by atoms with van der Waals surface area (Å²) in [5.41, 5.74) is 8.88. The molecular weight excluding hydrogens is 236 g/mol. The van der Waals surface area contributed by atoms with Crippen LogP contribution in [-0.4, -0.2) is 14.5 Å². The summed E-state index contributed by atoms with van der Waals surface area (Å²) < 4.78 is 2.28. The minimum atomic E-state index is 0.520. The summed E-state index contributed by atoms with van der Waals surface area (Å²) in [7, 11) is 0. The standard InChI is InChI=1S/C15H20N4/c1-10-3-4-14(11(10)2)19-9-18-8-15(19)12-7-17-6-5-13(12)16/h5-11,14H,3-4H2,1-2H3,(H2,16,17). The fourth-order valence-corrected chi connectivity index (χ4v) is 3.13. The van der Waals surface area contributed by atoms with Crippen LogP contribution in [-0.2, 0) is 0 Å². The van der Waals surface area contributed by atoms with Gasteiger partial charge in [-0.3, -0.25) is 4.98 Å². The Labute approximate surface area is 113 Å². The molecule has 1 saturated carbocycles. The first-order chi connectivity index (χ1) is 9.18. The molecule has 0 bridgehead atoms. The van der Waals surface area contributed by atoms with Crippen molar-refractivity contribution < 1.29 is 0 Å². The van der Waals surface area contributed by atoms with E-state index < -0.39 is 0 Å². The maximum atomic E-state index is 6.06. The lowest BCUT2D eigenvalue weighted by molar-refractivity contribution is 0.355. The van der Waals surface area contributed by atoms with Crippen molar-refractivity contribution in [1.29, 1.82) is 0 Å². The molecule has 2 N–H and O–H groups in total. The Morgan fingerprint density at radius 2 is 2.05 bits per heavy atom. The summed E-state index contributed by atoms with van der Waals surface area (Å²) in [6, 6.07) is 2.36. The fourth-order valence-electron chi connectivity index (χ4n) is 3.13. The van der Waals surface area contributed by atoms with Gasteiger partial charge in [0.05, 0.1) is 18.2 Å². The van der Waals surface area contributed by atoms with Crippen LogP contribution in [0.5, 0.6) is 0 Å². The third kappa shape index (κ3) is 2.01. The van der Waals surface area contributed by atoms with E-state index in [0.29, 0.717) is 12.0 Å². The van der Waals surface area contributed by atoms with Crippen LogP contribution < -0.4 is 5.73 Å². The molecule has 4 nitrogen and oxygen atoms in total. The van der Waals surface area contributed by atoms with Crippen molar-refractivity contribution in [3.05, 3.63) is 31.0 Å². The van der Waals surface area contributed by atoms with E-state index >= 15 is 0 Å². The summed E-state index contributed by atoms with van der Waals surface area (Å²) in [6.45, 7) is 4.67. The number of anilines is 1. The molecule has 0 spiro atoms. The lowest BCUT2D eigenvalue weighted by Crippen LogP contribution is -2.15. The van der Waals surface area contributed by atoms with Gasteiger partial charge in [-0.05, 0) is 30.7 Å². The average molecular weight is 256 g/mol. The highest BCUT2D eigenvalue weighted by Crippen LogP contribution is 2.42. The quantitative estimate of drug-likeness (QED) is 0.898. The predicted octanol–water partition coefficient (Wildman–Crippen LogP) is 3.13. The Kier molecular flexibility index (Phi) is 3.01. The molecule has 19 heavy (non-hydrogen) atoms. The minimum absolute atomic E-state index is 0.520. The maximum Gasteiger partial charge on any atom is 0.0953 e. The monoisotopic (exact) mass is 256 g/mol. The normalized spacial score (nSPS) is 26.7. The molecule has 0 saturated heterocycles. The number of nitrogen functional groups attached to an aromatic ring is 1. The molecule has 0 radical (unpaired) electrons. The smallest absolute Gasteiger partial charge is 0.0953 e. The van der Waals surface area contributed by atoms with E-state index in [-0.39, 0.29) is 0 Å². The highest BCUT2D eigenvalue weighted by molar-refractivity contribution is 5.72. The van der Waals surface area contributed by atoms with Crippen LogP contribution in [0.2, 0.25) is 0 Å². The van der Waals surface area contributed by atoms with Gasteiger partial charge in [0.2, 0.25) is 0 Å². The molecule has 1 fully saturated rings. The number of aromatic nitrogens is 3. The number of hydrogen-bond donors (Lipinski definition) is 1. The van der Waals surface area contributed by atoms with E-state index in [1.165, 1.54) is 12.8 Å². The molecule has 3 atom stereocenters. The molecule has 1 aliphatic rings. The lowest BCUT2D eigenvalue weighted by atomic mass is 9.97. The first-order valence-corrected chi connectivity index (χ1v) is 6.90. The Morgan fingerprint density at radius 1 is 1.21 bits per heavy atom. The summed E-state index contributed by atoms with van der Waals surface area (Å²) in [4.78, 5) is 8.51. The van der Waals surface area contributed by atoms with Gasteiger partial charge in [0.1, 0.15) is 0 Å². The zero-order valence-electron chi connectivity index (χ0n) is 11.5. The van der Waals surface area contributed by atoms with Gasteiger partial charge < -0.3 is 10.3 Å². The SMILES string of the molecule is CC1CCC(n2cncc2-c2cnccc2N)C1C. The van der Waals surface area contributed by atoms with E-state index in [4.69, 9.17) is 5.73 Å². The highest BCUT2D eigenvalue weighted by atomic mass is 15.1. The van der Waals surface area contributed by atoms with Crippen molar-refractivity contribution in [3.63, 3.8) is 0 Å². The number of nitrogens with two attached hydrogens (primary N) is 1. The van der Waals surface area contributed by atoms with Crippen LogP contribution >= 0.6 is 0 Å². The molecule has 0 aliphatic heterocycles. The van der Waals surface area contributed by atoms with E-state index in [1.807, 2.05) is 24.8 Å². The van der Waals surface area contributed by atoms with Crippen molar-refractivity contribution in [1.82, 2.24) is 14.5 Å². The van der Waals surface area contributed by atoms with Crippen LogP contribution in [0.3, 0.4) is 0 Å². The zero-order valence-corrected chi connectivity index (χ0v) is 11.5. The van der Waals surface area contributed by atoms with Crippen LogP contribution in [0, 0.1) is 11.8 Å². The molecule has 3 rings (SSSR count). The Balaban J connectivity index is 2.02. The molecule has 2 heterocycles. The van der Waals surface area contributed by atoms with Gasteiger partial charge >= 0.3 is 0 Å². The summed E-state index contributed by atoms with van der Waals surface area (Å²) in [5.74, 6) is 1.44. The second-order valence-electron chi connectivity index (χ2n) is 5.63. The van der Waals surface area contributed by atoms with Crippen molar-refractivity contribution in [2.24, 2.45) is 11.8 Å². The zero-order chi connectivity index (χ0) is 13.4. The fraction of sp³-hybridized carbons (Fsp3) is 0.467. The number of pyridine rings is 1. The van der Waals surface area contributed by atoms with Crippen LogP contribution in [0.25, 0.3) is 11.3 Å². The third-order valence-electron chi connectivity index (χ3n) is 4.58. The Bertz CT molecular complexity index is 575. The first kappa shape index (κ1) is 12.2. The first-order valence-electron chi connectivity index (χ1n) is 6.90. The molecule has 0 aromatic carbocycles. The van der Waals surface area contributed by atoms with Gasteiger partial charge in [0.15, 0.2) is 0 Å². The maximum absolute atomic E-state index is 6.06. The minimum Gasteiger partial charge on any atom is -0.398 e. The van der Waals surface area contributed by atoms with E-state index in [9.17, 15) is 0 Å². The number of hydrogen-bond acceptors (Lipinski definition) is 3. The number of rotatable bonds is 2. The van der Waals surface area contributed by atoms with Gasteiger partial charge in [-0.1, -0.05) is 13.8 Å². The van der Waals surface area contributed by atoms with E-state index in [1.54, 1.807) is 6.20 Å². The average Bonchev–Trinajstić information content (AvgIpc) is 2.99. The predicted molar refractivity (Wildman–Crippen MR) is 76.5 cm³/mol. The molecule has 100 valence electrons. The number of nitrogens with zero attached hydrogens (tertiary/aromatic N) is 3. The van der Waals surface area contributed by atoms with Crippen molar-refractivity contribution in [2.45, 2.75) is 32.7 Å². The molecule has 3 unspecified atom stereocenters. The molecule has 1 aliphatic carbocycles. The topological polar surface area (TPSA) is 56.7 Å². The Hall–Kier alpha value is -1.84. The van der Waals surface area contributed by atoms with Crippen molar-refractivity contribution in [3.8, 4) is 11.3 Å². The van der Waals surface area contributed by atoms with Crippen molar-refractivity contribution >= 4 is 5.69 Å². The molecule has 2 aromatic rings. The summed E-state index contributed by atoms with van der Waals surface area (Å²) in [6.07, 6.45) is 9.87. The van der Waals surface area contributed by atoms with Crippen molar-refractivity contribution in [2.75, 3.05) is 5.73 Å². The van der Waals surface area contributed by atoms with Gasteiger partial charge in [-0.25, -0.2) is 4.98 Å². The Morgan fingerprint density at radius 3 is 2.74 bits per heavy atom. The van der Waals surface area contributed by atoms with Gasteiger partial charge in [0, 0.05) is 29.7 Å². The summed E-state index contributed by atoms with van der Waals surface area (Å²) in [5, 5.41) is 0. The summed E-state index contributed by atoms with van der Waals surface area (Å²) >= 11 is 0. The van der Waals surface area contributed by atoms with Gasteiger partial charge in [-0.15, -0.1) is 0 Å². The number of imidazole rings is 1. The largest absolute Gasteiger partial charge is 0.398 e. The second-order valence-corrected chi connectivity index (χ2v) is 5.63. The molecule has 4 heteroatoms. The highest BCUT2D eigenvalue weighted by Gasteiger charge is 2.32. The van der Waals surface area contributed by atoms with Crippen LogP contribution in [0.15, 0.2) is 31.0 Å². The lowest BCUT2D eigenvalue weighted by Gasteiger charge is -2.22.